The molecule has 0 aliphatic carbocycles. The van der Waals surface area contributed by atoms with Crippen LogP contribution in [0.1, 0.15) is 59.7 Å². The standard InChI is InChI=1S/C24H25Cl3N4O3S/c1-2-3-4-5-14-19(32)29-22(24(25,26)27)30-23(35)28-17-12-8-9-13-18(17)31-20(33)15-10-6-7-11-16(15)21(31)34/h6-13,22H,2-5,14H2,1H3,(H,29,32)(H2,28,30,35). The molecular formula is C24H25Cl3N4O3S. The molecule has 0 saturated carbocycles. The van der Waals surface area contributed by atoms with Crippen LogP contribution in [-0.4, -0.2) is 32.8 Å². The van der Waals surface area contributed by atoms with Crippen LogP contribution in [0.3, 0.4) is 0 Å². The van der Waals surface area contributed by atoms with E-state index in [-0.39, 0.29) is 11.0 Å². The van der Waals surface area contributed by atoms with Gasteiger partial charge in [-0.3, -0.25) is 14.4 Å². The molecule has 3 N–H and O–H groups in total. The number of unbranched alkanes of at least 4 members (excludes halogenated alkanes) is 3. The molecule has 0 aromatic heterocycles. The van der Waals surface area contributed by atoms with E-state index >= 15 is 0 Å². The number of para-hydroxylation sites is 2. The Morgan fingerprint density at radius 2 is 1.54 bits per heavy atom. The fourth-order valence-corrected chi connectivity index (χ4v) is 4.17. The number of rotatable bonds is 9. The monoisotopic (exact) mass is 554 g/mol. The van der Waals surface area contributed by atoms with Crippen molar-refractivity contribution in [1.29, 1.82) is 0 Å². The third-order valence-corrected chi connectivity index (χ3v) is 6.23. The molecule has 0 bridgehead atoms. The van der Waals surface area contributed by atoms with Crippen LogP contribution < -0.4 is 20.9 Å². The Morgan fingerprint density at radius 1 is 0.943 bits per heavy atom. The first-order valence-electron chi connectivity index (χ1n) is 11.1. The Bertz CT molecular complexity index is 1090. The van der Waals surface area contributed by atoms with Crippen molar-refractivity contribution < 1.29 is 14.4 Å². The van der Waals surface area contributed by atoms with Crippen molar-refractivity contribution >= 4 is 81.2 Å². The van der Waals surface area contributed by atoms with Gasteiger partial charge in [0.15, 0.2) is 5.11 Å². The second-order valence-electron chi connectivity index (χ2n) is 7.96. The predicted octanol–water partition coefficient (Wildman–Crippen LogP) is 5.56. The SMILES string of the molecule is CCCCCCC(=O)NC(NC(=S)Nc1ccccc1N1C(=O)c2ccccc2C1=O)C(Cl)(Cl)Cl. The van der Waals surface area contributed by atoms with Gasteiger partial charge >= 0.3 is 0 Å². The molecule has 1 heterocycles. The van der Waals surface area contributed by atoms with Gasteiger partial charge in [-0.25, -0.2) is 4.90 Å². The molecule has 1 aliphatic rings. The number of anilines is 2. The number of hydrogen-bond donors (Lipinski definition) is 3. The topological polar surface area (TPSA) is 90.5 Å². The normalized spacial score (nSPS) is 13.9. The summed E-state index contributed by atoms with van der Waals surface area (Å²) in [6.07, 6.45) is 2.94. The Kier molecular flexibility index (Phi) is 9.35. The van der Waals surface area contributed by atoms with Crippen molar-refractivity contribution in [3.05, 3.63) is 59.7 Å². The first-order chi connectivity index (χ1) is 16.6. The van der Waals surface area contributed by atoms with Gasteiger partial charge in [0.25, 0.3) is 11.8 Å². The molecule has 0 spiro atoms. The lowest BCUT2D eigenvalue weighted by atomic mass is 10.1. The van der Waals surface area contributed by atoms with E-state index < -0.39 is 21.8 Å². The third-order valence-electron chi connectivity index (χ3n) is 5.35. The molecule has 3 rings (SSSR count). The maximum atomic E-state index is 12.9. The lowest BCUT2D eigenvalue weighted by Crippen LogP contribution is -2.56. The first-order valence-corrected chi connectivity index (χ1v) is 12.7. The summed E-state index contributed by atoms with van der Waals surface area (Å²) in [5, 5.41) is 8.42. The number of nitrogens with one attached hydrogen (secondary N) is 3. The number of carbonyl (C=O) groups excluding carboxylic acids is 3. The first kappa shape index (κ1) is 27.2. The van der Waals surface area contributed by atoms with Gasteiger partial charge in [-0.1, -0.05) is 85.3 Å². The molecule has 2 aromatic carbocycles. The zero-order chi connectivity index (χ0) is 25.6. The van der Waals surface area contributed by atoms with E-state index in [0.29, 0.717) is 28.9 Å². The summed E-state index contributed by atoms with van der Waals surface area (Å²) in [5.74, 6) is -1.15. The molecule has 1 atom stereocenters. The molecular weight excluding hydrogens is 531 g/mol. The number of imide groups is 1. The van der Waals surface area contributed by atoms with Crippen LogP contribution in [0.25, 0.3) is 0 Å². The smallest absolute Gasteiger partial charge is 0.266 e. The highest BCUT2D eigenvalue weighted by Crippen LogP contribution is 2.34. The molecule has 0 radical (unpaired) electrons. The van der Waals surface area contributed by atoms with Gasteiger partial charge in [0.2, 0.25) is 9.70 Å². The van der Waals surface area contributed by atoms with Crippen molar-refractivity contribution in [3.8, 4) is 0 Å². The van der Waals surface area contributed by atoms with Crippen LogP contribution in [0.5, 0.6) is 0 Å². The summed E-state index contributed by atoms with van der Waals surface area (Å²) >= 11 is 23.6. The van der Waals surface area contributed by atoms with E-state index in [0.717, 1.165) is 30.6 Å². The van der Waals surface area contributed by atoms with Crippen molar-refractivity contribution in [3.63, 3.8) is 0 Å². The van der Waals surface area contributed by atoms with Gasteiger partial charge in [0, 0.05) is 6.42 Å². The largest absolute Gasteiger partial charge is 0.339 e. The number of benzene rings is 2. The van der Waals surface area contributed by atoms with E-state index in [1.54, 1.807) is 48.5 Å². The van der Waals surface area contributed by atoms with Crippen molar-refractivity contribution in [2.75, 3.05) is 10.2 Å². The van der Waals surface area contributed by atoms with Gasteiger partial charge in [-0.15, -0.1) is 0 Å². The molecule has 11 heteroatoms. The Labute approximate surface area is 224 Å². The quantitative estimate of drug-likeness (QED) is 0.123. The van der Waals surface area contributed by atoms with Gasteiger partial charge in [0.1, 0.15) is 6.17 Å². The Balaban J connectivity index is 1.72. The van der Waals surface area contributed by atoms with E-state index in [2.05, 4.69) is 22.9 Å². The zero-order valence-corrected chi connectivity index (χ0v) is 22.0. The Hall–Kier alpha value is -2.39. The Morgan fingerprint density at radius 3 is 2.14 bits per heavy atom. The van der Waals surface area contributed by atoms with Crippen LogP contribution in [0.4, 0.5) is 11.4 Å². The number of hydrogen-bond acceptors (Lipinski definition) is 4. The van der Waals surface area contributed by atoms with E-state index in [1.807, 2.05) is 0 Å². The summed E-state index contributed by atoms with van der Waals surface area (Å²) < 4.78 is -1.90. The fraction of sp³-hybridized carbons (Fsp3) is 0.333. The molecule has 35 heavy (non-hydrogen) atoms. The number of amides is 3. The highest BCUT2D eigenvalue weighted by atomic mass is 35.6. The maximum absolute atomic E-state index is 12.9. The van der Waals surface area contributed by atoms with Crippen LogP contribution in [0.2, 0.25) is 0 Å². The van der Waals surface area contributed by atoms with Crippen molar-refractivity contribution in [2.45, 2.75) is 49.0 Å². The van der Waals surface area contributed by atoms with Crippen LogP contribution in [0.15, 0.2) is 48.5 Å². The second-order valence-corrected chi connectivity index (χ2v) is 10.7. The molecule has 7 nitrogen and oxygen atoms in total. The van der Waals surface area contributed by atoms with Crippen molar-refractivity contribution in [2.24, 2.45) is 0 Å². The molecule has 186 valence electrons. The predicted molar refractivity (Wildman–Crippen MR) is 144 cm³/mol. The zero-order valence-electron chi connectivity index (χ0n) is 18.9. The number of fused-ring (bicyclic) bond motifs is 1. The molecule has 1 aliphatic heterocycles. The number of alkyl halides is 3. The van der Waals surface area contributed by atoms with Crippen LogP contribution in [-0.2, 0) is 4.79 Å². The second kappa shape index (κ2) is 12.0. The molecule has 0 fully saturated rings. The molecule has 2 aromatic rings. The summed E-state index contributed by atoms with van der Waals surface area (Å²) in [6, 6.07) is 13.3. The minimum atomic E-state index is -1.90. The minimum absolute atomic E-state index is 0.0247. The average Bonchev–Trinajstić information content (AvgIpc) is 3.06. The van der Waals surface area contributed by atoms with Gasteiger partial charge in [0.05, 0.1) is 22.5 Å². The van der Waals surface area contributed by atoms with E-state index in [1.165, 1.54) is 0 Å². The minimum Gasteiger partial charge on any atom is -0.339 e. The number of nitrogens with zero attached hydrogens (tertiary/aromatic N) is 1. The number of thiocarbonyl (C=S) groups is 1. The lowest BCUT2D eigenvalue weighted by molar-refractivity contribution is -0.122. The van der Waals surface area contributed by atoms with E-state index in [9.17, 15) is 14.4 Å². The highest BCUT2D eigenvalue weighted by Gasteiger charge is 2.38. The molecule has 3 amide bonds. The van der Waals surface area contributed by atoms with Crippen LogP contribution >= 0.6 is 47.0 Å². The third kappa shape index (κ3) is 6.85. The van der Waals surface area contributed by atoms with Gasteiger partial charge < -0.3 is 16.0 Å². The van der Waals surface area contributed by atoms with Gasteiger partial charge in [-0.05, 0) is 42.9 Å². The summed E-state index contributed by atoms with van der Waals surface area (Å²) in [4.78, 5) is 39.3. The summed E-state index contributed by atoms with van der Waals surface area (Å²) in [6.45, 7) is 2.09. The van der Waals surface area contributed by atoms with Crippen molar-refractivity contribution in [1.82, 2.24) is 10.6 Å². The number of halogens is 3. The van der Waals surface area contributed by atoms with Gasteiger partial charge in [-0.2, -0.15) is 0 Å². The highest BCUT2D eigenvalue weighted by molar-refractivity contribution is 7.80. The summed E-state index contributed by atoms with van der Waals surface area (Å²) in [7, 11) is 0. The number of carbonyl (C=O) groups is 3. The molecule has 1 unspecified atom stereocenters. The maximum Gasteiger partial charge on any atom is 0.266 e. The molecule has 0 saturated heterocycles. The van der Waals surface area contributed by atoms with Crippen LogP contribution in [0, 0.1) is 0 Å². The summed E-state index contributed by atoms with van der Waals surface area (Å²) in [5.41, 5.74) is 1.35. The van der Waals surface area contributed by atoms with E-state index in [4.69, 9.17) is 47.0 Å². The lowest BCUT2D eigenvalue weighted by Gasteiger charge is -2.28. The fourth-order valence-electron chi connectivity index (χ4n) is 3.62. The average molecular weight is 556 g/mol.